The number of halogens is 1. The minimum atomic E-state index is 0.461. The third-order valence-electron chi connectivity index (χ3n) is 3.42. The van der Waals surface area contributed by atoms with Gasteiger partial charge in [-0.25, -0.2) is 0 Å². The molecule has 1 fully saturated rings. The summed E-state index contributed by atoms with van der Waals surface area (Å²) >= 11 is 5.62. The van der Waals surface area contributed by atoms with Gasteiger partial charge < -0.3 is 5.32 Å². The Kier molecular flexibility index (Phi) is 4.65. The SMILES string of the molecule is CCc1cc(Br)ccc1NC1CSCC(C)(C)C1. The van der Waals surface area contributed by atoms with Gasteiger partial charge in [-0.05, 0) is 47.8 Å². The molecular weight excluding hydrogens is 306 g/mol. The Labute approximate surface area is 123 Å². The van der Waals surface area contributed by atoms with Gasteiger partial charge in [-0.1, -0.05) is 36.7 Å². The highest BCUT2D eigenvalue weighted by atomic mass is 79.9. The second kappa shape index (κ2) is 5.87. The summed E-state index contributed by atoms with van der Waals surface area (Å²) in [5.74, 6) is 2.51. The first-order valence-corrected chi connectivity index (χ1v) is 8.58. The second-order valence-electron chi connectivity index (χ2n) is 5.88. The summed E-state index contributed by atoms with van der Waals surface area (Å²) in [4.78, 5) is 0. The minimum absolute atomic E-state index is 0.461. The van der Waals surface area contributed by atoms with Crippen molar-refractivity contribution in [2.75, 3.05) is 16.8 Å². The minimum Gasteiger partial charge on any atom is -0.381 e. The van der Waals surface area contributed by atoms with Crippen molar-refractivity contribution in [1.29, 1.82) is 0 Å². The van der Waals surface area contributed by atoms with Gasteiger partial charge in [0.05, 0.1) is 0 Å². The molecule has 0 saturated carbocycles. The lowest BCUT2D eigenvalue weighted by atomic mass is 9.87. The Morgan fingerprint density at radius 1 is 1.44 bits per heavy atom. The molecule has 1 aliphatic rings. The lowest BCUT2D eigenvalue weighted by Crippen LogP contribution is -2.35. The maximum absolute atomic E-state index is 3.74. The van der Waals surface area contributed by atoms with Crippen LogP contribution in [0.1, 0.15) is 32.8 Å². The average Bonchev–Trinajstić information content (AvgIpc) is 2.30. The van der Waals surface area contributed by atoms with Crippen molar-refractivity contribution < 1.29 is 0 Å². The smallest absolute Gasteiger partial charge is 0.0375 e. The van der Waals surface area contributed by atoms with Gasteiger partial charge in [-0.3, -0.25) is 0 Å². The topological polar surface area (TPSA) is 12.0 Å². The van der Waals surface area contributed by atoms with Gasteiger partial charge in [0.1, 0.15) is 0 Å². The van der Waals surface area contributed by atoms with E-state index in [-0.39, 0.29) is 0 Å². The third-order valence-corrected chi connectivity index (χ3v) is 5.54. The van der Waals surface area contributed by atoms with Crippen LogP contribution in [0.25, 0.3) is 0 Å². The van der Waals surface area contributed by atoms with E-state index in [0.29, 0.717) is 11.5 Å². The lowest BCUT2D eigenvalue weighted by Gasteiger charge is -2.36. The molecule has 100 valence electrons. The van der Waals surface area contributed by atoms with E-state index in [1.165, 1.54) is 33.7 Å². The van der Waals surface area contributed by atoms with Crippen molar-refractivity contribution >= 4 is 33.4 Å². The molecule has 18 heavy (non-hydrogen) atoms. The normalized spacial score (nSPS) is 22.8. The Bertz CT molecular complexity index is 417. The van der Waals surface area contributed by atoms with Crippen LogP contribution >= 0.6 is 27.7 Å². The van der Waals surface area contributed by atoms with Crippen molar-refractivity contribution in [1.82, 2.24) is 0 Å². The Balaban J connectivity index is 2.09. The number of hydrogen-bond acceptors (Lipinski definition) is 2. The second-order valence-corrected chi connectivity index (χ2v) is 7.83. The van der Waals surface area contributed by atoms with E-state index in [1.54, 1.807) is 0 Å². The number of hydrogen-bond donors (Lipinski definition) is 1. The molecule has 0 aliphatic carbocycles. The highest BCUT2D eigenvalue weighted by Gasteiger charge is 2.28. The van der Waals surface area contributed by atoms with Gasteiger partial charge in [0.2, 0.25) is 0 Å². The first-order chi connectivity index (χ1) is 8.50. The van der Waals surface area contributed by atoms with Crippen LogP contribution in [0, 0.1) is 5.41 Å². The van der Waals surface area contributed by atoms with Crippen LogP contribution in [0.15, 0.2) is 22.7 Å². The zero-order valence-electron chi connectivity index (χ0n) is 11.4. The fourth-order valence-corrected chi connectivity index (χ4v) is 4.25. The molecular formula is C15H22BrNS. The summed E-state index contributed by atoms with van der Waals surface area (Å²) in [5, 5.41) is 3.74. The van der Waals surface area contributed by atoms with Gasteiger partial charge in [0, 0.05) is 22.0 Å². The summed E-state index contributed by atoms with van der Waals surface area (Å²) < 4.78 is 1.17. The van der Waals surface area contributed by atoms with Gasteiger partial charge in [0.15, 0.2) is 0 Å². The molecule has 1 heterocycles. The molecule has 0 bridgehead atoms. The van der Waals surface area contributed by atoms with Crippen LogP contribution in [-0.2, 0) is 6.42 Å². The molecule has 1 unspecified atom stereocenters. The van der Waals surface area contributed by atoms with E-state index in [1.807, 2.05) is 0 Å². The van der Waals surface area contributed by atoms with Crippen LogP contribution in [0.5, 0.6) is 0 Å². The standard InChI is InChI=1S/C15H22BrNS/c1-4-11-7-12(16)5-6-14(11)17-13-8-15(2,3)10-18-9-13/h5-7,13,17H,4,8-10H2,1-3H3. The predicted octanol–water partition coefficient (Wildman–Crippen LogP) is 4.96. The summed E-state index contributed by atoms with van der Waals surface area (Å²) in [6.07, 6.45) is 2.34. The van der Waals surface area contributed by atoms with E-state index in [0.717, 1.165) is 6.42 Å². The van der Waals surface area contributed by atoms with Crippen LogP contribution in [0.2, 0.25) is 0 Å². The average molecular weight is 328 g/mol. The third kappa shape index (κ3) is 3.67. The monoisotopic (exact) mass is 327 g/mol. The van der Waals surface area contributed by atoms with Crippen LogP contribution < -0.4 is 5.32 Å². The Morgan fingerprint density at radius 3 is 2.89 bits per heavy atom. The van der Waals surface area contributed by atoms with Gasteiger partial charge >= 0.3 is 0 Å². The maximum atomic E-state index is 3.74. The molecule has 1 atom stereocenters. The first-order valence-electron chi connectivity index (χ1n) is 6.63. The molecule has 1 N–H and O–H groups in total. The first kappa shape index (κ1) is 14.3. The van der Waals surface area contributed by atoms with E-state index < -0.39 is 0 Å². The summed E-state index contributed by atoms with van der Waals surface area (Å²) in [7, 11) is 0. The molecule has 0 spiro atoms. The predicted molar refractivity (Wildman–Crippen MR) is 86.7 cm³/mol. The highest BCUT2D eigenvalue weighted by molar-refractivity contribution is 9.10. The fraction of sp³-hybridized carbons (Fsp3) is 0.600. The van der Waals surface area contributed by atoms with Crippen molar-refractivity contribution in [2.24, 2.45) is 5.41 Å². The largest absolute Gasteiger partial charge is 0.381 e. The van der Waals surface area contributed by atoms with E-state index in [2.05, 4.69) is 72.0 Å². The number of benzene rings is 1. The number of anilines is 1. The number of nitrogens with one attached hydrogen (secondary N) is 1. The molecule has 1 nitrogen and oxygen atoms in total. The van der Waals surface area contributed by atoms with Crippen molar-refractivity contribution in [3.8, 4) is 0 Å². The van der Waals surface area contributed by atoms with Gasteiger partial charge in [0.25, 0.3) is 0 Å². The molecule has 1 saturated heterocycles. The van der Waals surface area contributed by atoms with Crippen molar-refractivity contribution in [3.05, 3.63) is 28.2 Å². The van der Waals surface area contributed by atoms with Crippen LogP contribution in [0.3, 0.4) is 0 Å². The summed E-state index contributed by atoms with van der Waals surface area (Å²) in [5.41, 5.74) is 3.17. The Hall–Kier alpha value is -0.150. The van der Waals surface area contributed by atoms with E-state index in [4.69, 9.17) is 0 Å². The molecule has 3 heteroatoms. The molecule has 1 aromatic rings. The lowest BCUT2D eigenvalue weighted by molar-refractivity contribution is 0.358. The molecule has 1 aliphatic heterocycles. The van der Waals surface area contributed by atoms with Crippen molar-refractivity contribution in [2.45, 2.75) is 39.7 Å². The molecule has 1 aromatic carbocycles. The quantitative estimate of drug-likeness (QED) is 0.842. The van der Waals surface area contributed by atoms with Crippen molar-refractivity contribution in [3.63, 3.8) is 0 Å². The molecule has 2 rings (SSSR count). The zero-order chi connectivity index (χ0) is 13.2. The Morgan fingerprint density at radius 2 is 2.22 bits per heavy atom. The summed E-state index contributed by atoms with van der Waals surface area (Å²) in [6, 6.07) is 7.16. The number of rotatable bonds is 3. The van der Waals surface area contributed by atoms with E-state index in [9.17, 15) is 0 Å². The molecule has 0 amide bonds. The highest BCUT2D eigenvalue weighted by Crippen LogP contribution is 2.35. The van der Waals surface area contributed by atoms with Gasteiger partial charge in [-0.15, -0.1) is 0 Å². The van der Waals surface area contributed by atoms with Gasteiger partial charge in [-0.2, -0.15) is 11.8 Å². The van der Waals surface area contributed by atoms with Crippen LogP contribution in [0.4, 0.5) is 5.69 Å². The summed E-state index contributed by atoms with van der Waals surface area (Å²) in [6.45, 7) is 6.96. The van der Waals surface area contributed by atoms with Crippen LogP contribution in [-0.4, -0.2) is 17.5 Å². The molecule has 0 radical (unpaired) electrons. The fourth-order valence-electron chi connectivity index (χ4n) is 2.57. The number of thioether (sulfide) groups is 1. The van der Waals surface area contributed by atoms with E-state index >= 15 is 0 Å². The zero-order valence-corrected chi connectivity index (χ0v) is 13.8. The molecule has 0 aromatic heterocycles. The number of aryl methyl sites for hydroxylation is 1. The maximum Gasteiger partial charge on any atom is 0.0375 e.